The zero-order valence-corrected chi connectivity index (χ0v) is 14.0. The molecule has 2 fully saturated rings. The Kier molecular flexibility index (Phi) is 4.52. The van der Waals surface area contributed by atoms with E-state index in [9.17, 15) is 9.59 Å². The fraction of sp³-hybridized carbons (Fsp3) is 0.529. The van der Waals surface area contributed by atoms with E-state index in [0.717, 1.165) is 36.8 Å². The van der Waals surface area contributed by atoms with Gasteiger partial charge in [0.15, 0.2) is 0 Å². The van der Waals surface area contributed by atoms with E-state index >= 15 is 0 Å². The third kappa shape index (κ3) is 3.05. The molecular weight excluding hydrogens is 346 g/mol. The van der Waals surface area contributed by atoms with Crippen molar-refractivity contribution in [3.05, 3.63) is 34.3 Å². The zero-order chi connectivity index (χ0) is 15.7. The summed E-state index contributed by atoms with van der Waals surface area (Å²) in [7, 11) is 0. The fourth-order valence-corrected chi connectivity index (χ4v) is 3.94. The average molecular weight is 366 g/mol. The van der Waals surface area contributed by atoms with Crippen LogP contribution in [0.5, 0.6) is 0 Å². The second-order valence-corrected chi connectivity index (χ2v) is 7.20. The number of likely N-dealkylation sites (tertiary alicyclic amines) is 1. The SMILES string of the molecule is O=C(O)C1CCC1C(=O)N1CCC(c2cccc(Br)c2)CC1. The molecule has 1 saturated carbocycles. The van der Waals surface area contributed by atoms with Gasteiger partial charge in [-0.05, 0) is 49.3 Å². The molecule has 0 bridgehead atoms. The van der Waals surface area contributed by atoms with Crippen molar-refractivity contribution in [1.29, 1.82) is 0 Å². The molecule has 2 aliphatic rings. The number of hydrogen-bond acceptors (Lipinski definition) is 2. The third-order valence-electron chi connectivity index (χ3n) is 5.04. The summed E-state index contributed by atoms with van der Waals surface area (Å²) in [5.74, 6) is -1.05. The van der Waals surface area contributed by atoms with Gasteiger partial charge in [-0.1, -0.05) is 28.1 Å². The molecule has 4 nitrogen and oxygen atoms in total. The van der Waals surface area contributed by atoms with Gasteiger partial charge in [0, 0.05) is 17.6 Å². The van der Waals surface area contributed by atoms with E-state index in [1.165, 1.54) is 5.56 Å². The Morgan fingerprint density at radius 1 is 1.09 bits per heavy atom. The summed E-state index contributed by atoms with van der Waals surface area (Å²) >= 11 is 3.50. The van der Waals surface area contributed by atoms with Gasteiger partial charge in [-0.15, -0.1) is 0 Å². The van der Waals surface area contributed by atoms with Gasteiger partial charge in [-0.2, -0.15) is 0 Å². The molecule has 1 saturated heterocycles. The van der Waals surface area contributed by atoms with Crippen molar-refractivity contribution in [3.8, 4) is 0 Å². The van der Waals surface area contributed by atoms with Crippen LogP contribution >= 0.6 is 15.9 Å². The van der Waals surface area contributed by atoms with Crippen molar-refractivity contribution in [2.24, 2.45) is 11.8 Å². The minimum atomic E-state index is -0.825. The first kappa shape index (κ1) is 15.5. The first-order valence-corrected chi connectivity index (χ1v) is 8.62. The number of piperidine rings is 1. The minimum Gasteiger partial charge on any atom is -0.481 e. The molecule has 1 aromatic rings. The second kappa shape index (κ2) is 6.41. The molecule has 1 heterocycles. The molecule has 1 aromatic carbocycles. The smallest absolute Gasteiger partial charge is 0.307 e. The lowest BCUT2D eigenvalue weighted by Crippen LogP contribution is -2.48. The van der Waals surface area contributed by atoms with Crippen LogP contribution in [-0.2, 0) is 9.59 Å². The van der Waals surface area contributed by atoms with E-state index in [0.29, 0.717) is 12.3 Å². The third-order valence-corrected chi connectivity index (χ3v) is 5.53. The van der Waals surface area contributed by atoms with E-state index < -0.39 is 11.9 Å². The summed E-state index contributed by atoms with van der Waals surface area (Å²) in [6.07, 6.45) is 3.26. The number of carboxylic acids is 1. The Morgan fingerprint density at radius 3 is 2.32 bits per heavy atom. The molecule has 2 atom stereocenters. The molecule has 3 rings (SSSR count). The van der Waals surface area contributed by atoms with Crippen molar-refractivity contribution < 1.29 is 14.7 Å². The van der Waals surface area contributed by atoms with Crippen LogP contribution in [0.3, 0.4) is 0 Å². The van der Waals surface area contributed by atoms with Crippen LogP contribution in [0, 0.1) is 11.8 Å². The Labute approximate surface area is 138 Å². The number of hydrogen-bond donors (Lipinski definition) is 1. The van der Waals surface area contributed by atoms with Crippen LogP contribution < -0.4 is 0 Å². The number of carbonyl (C=O) groups excluding carboxylic acids is 1. The number of rotatable bonds is 3. The standard InChI is InChI=1S/C17H20BrNO3/c18-13-3-1-2-12(10-13)11-6-8-19(9-7-11)16(20)14-4-5-15(14)17(21)22/h1-3,10-11,14-15H,4-9H2,(H,21,22). The van der Waals surface area contributed by atoms with Crippen molar-refractivity contribution in [2.75, 3.05) is 13.1 Å². The number of benzene rings is 1. The minimum absolute atomic E-state index is 0.0475. The summed E-state index contributed by atoms with van der Waals surface area (Å²) in [5, 5.41) is 9.09. The maximum absolute atomic E-state index is 12.4. The van der Waals surface area contributed by atoms with Crippen LogP contribution in [0.25, 0.3) is 0 Å². The predicted octanol–water partition coefficient (Wildman–Crippen LogP) is 3.27. The molecule has 5 heteroatoms. The van der Waals surface area contributed by atoms with E-state index in [2.05, 4.69) is 28.1 Å². The van der Waals surface area contributed by atoms with Gasteiger partial charge in [0.2, 0.25) is 5.91 Å². The topological polar surface area (TPSA) is 57.6 Å². The Balaban J connectivity index is 1.58. The highest BCUT2D eigenvalue weighted by Gasteiger charge is 2.43. The van der Waals surface area contributed by atoms with Gasteiger partial charge in [0.1, 0.15) is 0 Å². The molecule has 1 aliphatic heterocycles. The van der Waals surface area contributed by atoms with Crippen LogP contribution in [0.2, 0.25) is 0 Å². The monoisotopic (exact) mass is 365 g/mol. The summed E-state index contributed by atoms with van der Waals surface area (Å²) in [6.45, 7) is 1.47. The fourth-order valence-electron chi connectivity index (χ4n) is 3.52. The largest absolute Gasteiger partial charge is 0.481 e. The van der Waals surface area contributed by atoms with Crippen molar-refractivity contribution in [1.82, 2.24) is 4.90 Å². The highest BCUT2D eigenvalue weighted by molar-refractivity contribution is 9.10. The van der Waals surface area contributed by atoms with Gasteiger partial charge in [0.25, 0.3) is 0 Å². The molecule has 118 valence electrons. The first-order valence-electron chi connectivity index (χ1n) is 7.83. The van der Waals surface area contributed by atoms with E-state index in [4.69, 9.17) is 5.11 Å². The molecule has 2 unspecified atom stereocenters. The summed E-state index contributed by atoms with van der Waals surface area (Å²) < 4.78 is 1.09. The molecule has 1 N–H and O–H groups in total. The number of carboxylic acid groups (broad SMARTS) is 1. The second-order valence-electron chi connectivity index (χ2n) is 6.28. The maximum atomic E-state index is 12.4. The molecule has 0 aromatic heterocycles. The first-order chi connectivity index (χ1) is 10.6. The molecular formula is C17H20BrNO3. The number of carbonyl (C=O) groups is 2. The highest BCUT2D eigenvalue weighted by Crippen LogP contribution is 2.37. The van der Waals surface area contributed by atoms with Crippen LogP contribution in [-0.4, -0.2) is 35.0 Å². The van der Waals surface area contributed by atoms with Gasteiger partial charge < -0.3 is 10.0 Å². The Hall–Kier alpha value is -1.36. The van der Waals surface area contributed by atoms with Crippen molar-refractivity contribution >= 4 is 27.8 Å². The van der Waals surface area contributed by atoms with Gasteiger partial charge in [-0.25, -0.2) is 0 Å². The lowest BCUT2D eigenvalue weighted by atomic mass is 9.72. The van der Waals surface area contributed by atoms with Gasteiger partial charge in [-0.3, -0.25) is 9.59 Å². The quantitative estimate of drug-likeness (QED) is 0.893. The molecule has 1 amide bonds. The number of halogens is 1. The van der Waals surface area contributed by atoms with Crippen LogP contribution in [0.1, 0.15) is 37.2 Å². The van der Waals surface area contributed by atoms with Gasteiger partial charge >= 0.3 is 5.97 Å². The van der Waals surface area contributed by atoms with E-state index in [1.54, 1.807) is 0 Å². The predicted molar refractivity (Wildman–Crippen MR) is 86.5 cm³/mol. The zero-order valence-electron chi connectivity index (χ0n) is 12.4. The highest BCUT2D eigenvalue weighted by atomic mass is 79.9. The normalized spacial score (nSPS) is 25.6. The van der Waals surface area contributed by atoms with E-state index in [-0.39, 0.29) is 11.8 Å². The van der Waals surface area contributed by atoms with E-state index in [1.807, 2.05) is 17.0 Å². The van der Waals surface area contributed by atoms with Crippen LogP contribution in [0.4, 0.5) is 0 Å². The summed E-state index contributed by atoms with van der Waals surface area (Å²) in [4.78, 5) is 25.4. The average Bonchev–Trinajstić information content (AvgIpc) is 2.45. The molecule has 22 heavy (non-hydrogen) atoms. The summed E-state index contributed by atoms with van der Waals surface area (Å²) in [5.41, 5.74) is 1.31. The maximum Gasteiger partial charge on any atom is 0.307 e. The van der Waals surface area contributed by atoms with Gasteiger partial charge in [0.05, 0.1) is 11.8 Å². The Morgan fingerprint density at radius 2 is 1.77 bits per heavy atom. The Bertz CT molecular complexity index is 581. The van der Waals surface area contributed by atoms with Crippen LogP contribution in [0.15, 0.2) is 28.7 Å². The molecule has 0 spiro atoms. The number of nitrogens with zero attached hydrogens (tertiary/aromatic N) is 1. The summed E-state index contributed by atoms with van der Waals surface area (Å²) in [6, 6.07) is 8.35. The number of aliphatic carboxylic acids is 1. The van der Waals surface area contributed by atoms with Crippen molar-refractivity contribution in [3.63, 3.8) is 0 Å². The number of amides is 1. The lowest BCUT2D eigenvalue weighted by Gasteiger charge is -2.39. The molecule has 1 aliphatic carbocycles. The lowest BCUT2D eigenvalue weighted by molar-refractivity contribution is -0.157. The molecule has 0 radical (unpaired) electrons. The van der Waals surface area contributed by atoms with Crippen molar-refractivity contribution in [2.45, 2.75) is 31.6 Å².